The molecule has 1 atom stereocenters. The summed E-state index contributed by atoms with van der Waals surface area (Å²) in [5.74, 6) is 0.0241. The van der Waals surface area contributed by atoms with Crippen molar-refractivity contribution in [2.24, 2.45) is 5.92 Å². The number of ether oxygens (including phenoxy) is 2. The van der Waals surface area contributed by atoms with Gasteiger partial charge in [0.2, 0.25) is 0 Å². The van der Waals surface area contributed by atoms with Gasteiger partial charge >= 0.3 is 5.97 Å². The maximum absolute atomic E-state index is 10.9. The molecule has 0 aromatic heterocycles. The van der Waals surface area contributed by atoms with Crippen LogP contribution in [0.3, 0.4) is 0 Å². The van der Waals surface area contributed by atoms with Crippen LogP contribution in [0.15, 0.2) is 10.5 Å². The van der Waals surface area contributed by atoms with Gasteiger partial charge < -0.3 is 14.6 Å². The minimum atomic E-state index is -0.809. The minimum Gasteiger partial charge on any atom is -0.493 e. The molecule has 0 bridgehead atoms. The molecule has 18 heavy (non-hydrogen) atoms. The van der Waals surface area contributed by atoms with Crippen LogP contribution in [-0.4, -0.2) is 25.3 Å². The van der Waals surface area contributed by atoms with Crippen molar-refractivity contribution in [2.75, 3.05) is 14.2 Å². The summed E-state index contributed by atoms with van der Waals surface area (Å²) in [5, 5.41) is 8.98. The van der Waals surface area contributed by atoms with Crippen LogP contribution in [0.2, 0.25) is 0 Å². The molecule has 1 aromatic rings. The van der Waals surface area contributed by atoms with Gasteiger partial charge in [-0.3, -0.25) is 4.79 Å². The van der Waals surface area contributed by atoms with E-state index < -0.39 is 11.9 Å². The van der Waals surface area contributed by atoms with Crippen molar-refractivity contribution in [3.8, 4) is 11.5 Å². The van der Waals surface area contributed by atoms with E-state index in [0.29, 0.717) is 17.9 Å². The van der Waals surface area contributed by atoms with E-state index in [1.165, 1.54) is 0 Å². The van der Waals surface area contributed by atoms with E-state index in [2.05, 4.69) is 15.9 Å². The van der Waals surface area contributed by atoms with Gasteiger partial charge in [0.15, 0.2) is 11.5 Å². The summed E-state index contributed by atoms with van der Waals surface area (Å²) in [4.78, 5) is 10.9. The zero-order valence-corrected chi connectivity index (χ0v) is 12.5. The summed E-state index contributed by atoms with van der Waals surface area (Å²) >= 11 is 3.45. The van der Waals surface area contributed by atoms with Crippen molar-refractivity contribution < 1.29 is 19.4 Å². The molecule has 0 heterocycles. The van der Waals surface area contributed by atoms with Crippen LogP contribution >= 0.6 is 15.9 Å². The fraction of sp³-hybridized carbons (Fsp3) is 0.462. The van der Waals surface area contributed by atoms with Crippen LogP contribution < -0.4 is 9.47 Å². The first-order valence-electron chi connectivity index (χ1n) is 5.55. The van der Waals surface area contributed by atoms with Crippen LogP contribution in [0.1, 0.15) is 18.1 Å². The van der Waals surface area contributed by atoms with Crippen molar-refractivity contribution >= 4 is 21.9 Å². The number of hydrogen-bond acceptors (Lipinski definition) is 3. The molecule has 0 radical (unpaired) electrons. The third-order valence-corrected chi connectivity index (χ3v) is 3.63. The number of rotatable bonds is 5. The van der Waals surface area contributed by atoms with Crippen LogP contribution in [0.5, 0.6) is 11.5 Å². The van der Waals surface area contributed by atoms with Crippen LogP contribution in [-0.2, 0) is 11.2 Å². The quantitative estimate of drug-likeness (QED) is 0.907. The second kappa shape index (κ2) is 6.09. The lowest BCUT2D eigenvalue weighted by atomic mass is 9.96. The van der Waals surface area contributed by atoms with Gasteiger partial charge in [-0.2, -0.15) is 0 Å². The van der Waals surface area contributed by atoms with Gasteiger partial charge in [0, 0.05) is 4.47 Å². The number of halogens is 1. The SMILES string of the molecule is COc1cc(Br)c(CC(C)C(=O)O)c(C)c1OC. The molecular weight excluding hydrogens is 300 g/mol. The zero-order valence-electron chi connectivity index (χ0n) is 10.9. The van der Waals surface area contributed by atoms with E-state index in [1.54, 1.807) is 27.2 Å². The van der Waals surface area contributed by atoms with E-state index in [-0.39, 0.29) is 0 Å². The smallest absolute Gasteiger partial charge is 0.306 e. The standard InChI is InChI=1S/C13H17BrO4/c1-7(13(15)16)5-9-8(2)12(18-4)11(17-3)6-10(9)14/h6-7H,5H2,1-4H3,(H,15,16). The molecule has 0 aliphatic rings. The third-order valence-electron chi connectivity index (χ3n) is 2.92. The van der Waals surface area contributed by atoms with E-state index >= 15 is 0 Å². The molecule has 1 unspecified atom stereocenters. The van der Waals surface area contributed by atoms with Crippen molar-refractivity contribution in [1.29, 1.82) is 0 Å². The lowest BCUT2D eigenvalue weighted by Gasteiger charge is -2.17. The maximum atomic E-state index is 10.9. The zero-order chi connectivity index (χ0) is 13.9. The highest BCUT2D eigenvalue weighted by Crippen LogP contribution is 2.38. The molecule has 1 rings (SSSR count). The molecule has 0 saturated heterocycles. The first kappa shape index (κ1) is 14.8. The second-order valence-electron chi connectivity index (χ2n) is 4.14. The Balaban J connectivity index is 3.24. The molecule has 100 valence electrons. The van der Waals surface area contributed by atoms with Gasteiger partial charge in [0.1, 0.15) is 0 Å². The molecule has 0 fully saturated rings. The van der Waals surface area contributed by atoms with E-state index in [0.717, 1.165) is 15.6 Å². The van der Waals surface area contributed by atoms with Gasteiger partial charge in [-0.15, -0.1) is 0 Å². The summed E-state index contributed by atoms with van der Waals surface area (Å²) in [6.07, 6.45) is 0.447. The molecule has 4 nitrogen and oxygen atoms in total. The molecule has 1 N–H and O–H groups in total. The predicted molar refractivity (Wildman–Crippen MR) is 72.5 cm³/mol. The number of carboxylic acids is 1. The average molecular weight is 317 g/mol. The Hall–Kier alpha value is -1.23. The Morgan fingerprint density at radius 3 is 2.50 bits per heavy atom. The summed E-state index contributed by atoms with van der Waals surface area (Å²) in [7, 11) is 3.15. The summed E-state index contributed by atoms with van der Waals surface area (Å²) in [6.45, 7) is 3.58. The van der Waals surface area contributed by atoms with Crippen molar-refractivity contribution in [2.45, 2.75) is 20.3 Å². The number of benzene rings is 1. The average Bonchev–Trinajstić information content (AvgIpc) is 2.33. The summed E-state index contributed by atoms with van der Waals surface area (Å²) < 4.78 is 11.4. The van der Waals surface area contributed by atoms with Gasteiger partial charge in [-0.05, 0) is 30.5 Å². The fourth-order valence-corrected chi connectivity index (χ4v) is 2.49. The lowest BCUT2D eigenvalue weighted by molar-refractivity contribution is -0.141. The second-order valence-corrected chi connectivity index (χ2v) is 5.00. The first-order valence-corrected chi connectivity index (χ1v) is 6.34. The van der Waals surface area contributed by atoms with Gasteiger partial charge in [-0.1, -0.05) is 22.9 Å². The van der Waals surface area contributed by atoms with E-state index in [9.17, 15) is 4.79 Å². The Bertz CT molecular complexity index is 457. The lowest BCUT2D eigenvalue weighted by Crippen LogP contribution is -2.13. The van der Waals surface area contributed by atoms with Crippen molar-refractivity contribution in [3.05, 3.63) is 21.7 Å². The monoisotopic (exact) mass is 316 g/mol. The fourth-order valence-electron chi connectivity index (χ4n) is 1.82. The molecule has 0 spiro atoms. The third kappa shape index (κ3) is 2.96. The van der Waals surface area contributed by atoms with Gasteiger partial charge in [-0.25, -0.2) is 0 Å². The highest BCUT2D eigenvalue weighted by atomic mass is 79.9. The van der Waals surface area contributed by atoms with E-state index in [1.807, 2.05) is 6.92 Å². The maximum Gasteiger partial charge on any atom is 0.306 e. The number of hydrogen-bond donors (Lipinski definition) is 1. The predicted octanol–water partition coefficient (Wildman–Crippen LogP) is 3.04. The van der Waals surface area contributed by atoms with Crippen LogP contribution in [0.4, 0.5) is 0 Å². The van der Waals surface area contributed by atoms with E-state index in [4.69, 9.17) is 14.6 Å². The molecule has 0 amide bonds. The Morgan fingerprint density at radius 1 is 1.44 bits per heavy atom. The first-order chi connectivity index (χ1) is 8.42. The number of aliphatic carboxylic acids is 1. The molecule has 0 aliphatic heterocycles. The van der Waals surface area contributed by atoms with Crippen molar-refractivity contribution in [3.63, 3.8) is 0 Å². The largest absolute Gasteiger partial charge is 0.493 e. The number of methoxy groups -OCH3 is 2. The molecule has 0 saturated carbocycles. The molecule has 0 aliphatic carbocycles. The normalized spacial score (nSPS) is 12.1. The summed E-state index contributed by atoms with van der Waals surface area (Å²) in [6, 6.07) is 1.80. The number of carboxylic acid groups (broad SMARTS) is 1. The van der Waals surface area contributed by atoms with Gasteiger partial charge in [0.05, 0.1) is 20.1 Å². The Kier molecular flexibility index (Phi) is 5.02. The highest BCUT2D eigenvalue weighted by molar-refractivity contribution is 9.10. The Morgan fingerprint density at radius 2 is 2.06 bits per heavy atom. The molecule has 5 heteroatoms. The molecule has 1 aromatic carbocycles. The molecular formula is C13H17BrO4. The van der Waals surface area contributed by atoms with Crippen LogP contribution in [0.25, 0.3) is 0 Å². The minimum absolute atomic E-state index is 0.446. The highest BCUT2D eigenvalue weighted by Gasteiger charge is 2.19. The summed E-state index contributed by atoms with van der Waals surface area (Å²) in [5.41, 5.74) is 1.83. The van der Waals surface area contributed by atoms with Gasteiger partial charge in [0.25, 0.3) is 0 Å². The van der Waals surface area contributed by atoms with Crippen molar-refractivity contribution in [1.82, 2.24) is 0 Å². The van der Waals surface area contributed by atoms with Crippen LogP contribution in [0, 0.1) is 12.8 Å². The Labute approximate surface area is 115 Å². The topological polar surface area (TPSA) is 55.8 Å². The number of carbonyl (C=O) groups is 1.